The summed E-state index contributed by atoms with van der Waals surface area (Å²) in [5, 5.41) is 22.0. The van der Waals surface area contributed by atoms with Crippen LogP contribution in [0.2, 0.25) is 0 Å². The molecule has 0 heterocycles. The number of anilines is 8. The zero-order chi connectivity index (χ0) is 34.6. The van der Waals surface area contributed by atoms with Crippen molar-refractivity contribution in [1.29, 1.82) is 0 Å². The summed E-state index contributed by atoms with van der Waals surface area (Å²) < 4.78 is 30.9. The largest absolute Gasteiger partial charge is 0.478 e. The van der Waals surface area contributed by atoms with Gasteiger partial charge in [0.15, 0.2) is 0 Å². The van der Waals surface area contributed by atoms with Gasteiger partial charge < -0.3 is 31.1 Å². The third kappa shape index (κ3) is 9.66. The highest BCUT2D eigenvalue weighted by atomic mass is 19.1. The SMILES string of the molecule is COC(=O)c1ccc(Nc2ccccc2)cc1Nc1ccc(F)cc1.O=C(O)c1ccc(Nc2ccccc2)cc1Nc1ccc(F)cc1. The maximum Gasteiger partial charge on any atom is 0.339 e. The van der Waals surface area contributed by atoms with Crippen molar-refractivity contribution in [2.24, 2.45) is 0 Å². The molecule has 0 spiro atoms. The fraction of sp³-hybridized carbons (Fsp3) is 0.0256. The maximum absolute atomic E-state index is 13.1. The van der Waals surface area contributed by atoms with Gasteiger partial charge in [0.2, 0.25) is 0 Å². The highest BCUT2D eigenvalue weighted by Gasteiger charge is 2.14. The number of nitrogens with one attached hydrogen (secondary N) is 4. The highest BCUT2D eigenvalue weighted by Crippen LogP contribution is 2.29. The van der Waals surface area contributed by atoms with Crippen LogP contribution < -0.4 is 21.3 Å². The van der Waals surface area contributed by atoms with Crippen LogP contribution in [0.5, 0.6) is 0 Å². The van der Waals surface area contributed by atoms with Gasteiger partial charge in [-0.1, -0.05) is 36.4 Å². The van der Waals surface area contributed by atoms with Crippen molar-refractivity contribution in [2.45, 2.75) is 0 Å². The number of methoxy groups -OCH3 is 1. The van der Waals surface area contributed by atoms with Gasteiger partial charge in [-0.15, -0.1) is 0 Å². The van der Waals surface area contributed by atoms with Crippen LogP contribution in [0.1, 0.15) is 20.7 Å². The summed E-state index contributed by atoms with van der Waals surface area (Å²) in [6, 6.07) is 41.1. The Morgan fingerprint density at radius 3 is 1.27 bits per heavy atom. The number of para-hydroxylation sites is 2. The molecular formula is C39H32F2N4O4. The normalized spacial score (nSPS) is 10.2. The number of carboxylic acid groups (broad SMARTS) is 1. The Balaban J connectivity index is 0.000000191. The summed E-state index contributed by atoms with van der Waals surface area (Å²) in [5.41, 5.74) is 6.19. The van der Waals surface area contributed by atoms with E-state index in [4.69, 9.17) is 4.74 Å². The standard InChI is InChI=1S/C20H17FN2O2.C19H15FN2O2/c1-25-20(24)18-12-11-17(22-15-5-3-2-4-6-15)13-19(18)23-16-9-7-14(21)8-10-16;20-13-6-8-15(9-7-13)22-18-12-16(10-11-17(18)19(23)24)21-14-4-2-1-3-5-14/h2-13,22-23H,1H3;1-12,21-22H,(H,23,24). The molecule has 0 aromatic heterocycles. The average molecular weight is 659 g/mol. The van der Waals surface area contributed by atoms with Gasteiger partial charge >= 0.3 is 11.9 Å². The number of benzene rings is 6. The number of hydrogen-bond donors (Lipinski definition) is 5. The van der Waals surface area contributed by atoms with Crippen molar-refractivity contribution in [3.05, 3.63) is 168 Å². The van der Waals surface area contributed by atoms with Crippen molar-refractivity contribution in [3.63, 3.8) is 0 Å². The van der Waals surface area contributed by atoms with Crippen LogP contribution in [-0.4, -0.2) is 24.2 Å². The second-order valence-corrected chi connectivity index (χ2v) is 10.6. The molecule has 6 aromatic carbocycles. The molecule has 0 radical (unpaired) electrons. The van der Waals surface area contributed by atoms with Gasteiger partial charge in [0.05, 0.1) is 29.6 Å². The smallest absolute Gasteiger partial charge is 0.339 e. The summed E-state index contributed by atoms with van der Waals surface area (Å²) in [6.07, 6.45) is 0. The second-order valence-electron chi connectivity index (χ2n) is 10.6. The van der Waals surface area contributed by atoms with Gasteiger partial charge in [0.25, 0.3) is 0 Å². The number of carbonyl (C=O) groups excluding carboxylic acids is 1. The number of rotatable bonds is 10. The molecule has 0 fully saturated rings. The summed E-state index contributed by atoms with van der Waals surface area (Å²) in [6.45, 7) is 0. The quantitative estimate of drug-likeness (QED) is 0.0925. The fourth-order valence-corrected chi connectivity index (χ4v) is 4.68. The molecule has 0 bridgehead atoms. The zero-order valence-corrected chi connectivity index (χ0v) is 26.3. The predicted molar refractivity (Wildman–Crippen MR) is 190 cm³/mol. The van der Waals surface area contributed by atoms with E-state index in [0.717, 1.165) is 22.7 Å². The van der Waals surface area contributed by atoms with E-state index in [0.29, 0.717) is 28.3 Å². The van der Waals surface area contributed by atoms with Gasteiger partial charge in [0, 0.05) is 34.1 Å². The Kier molecular flexibility index (Phi) is 11.2. The Hall–Kier alpha value is -6.68. The van der Waals surface area contributed by atoms with Crippen LogP contribution in [0, 0.1) is 11.6 Å². The molecule has 49 heavy (non-hydrogen) atoms. The van der Waals surface area contributed by atoms with Crippen molar-refractivity contribution < 1.29 is 28.2 Å². The van der Waals surface area contributed by atoms with Crippen LogP contribution in [0.3, 0.4) is 0 Å². The third-order valence-corrected chi connectivity index (χ3v) is 7.05. The molecule has 0 aliphatic heterocycles. The van der Waals surface area contributed by atoms with Crippen molar-refractivity contribution >= 4 is 57.4 Å². The highest BCUT2D eigenvalue weighted by molar-refractivity contribution is 5.98. The molecule has 0 atom stereocenters. The van der Waals surface area contributed by atoms with Crippen molar-refractivity contribution in [1.82, 2.24) is 0 Å². The zero-order valence-electron chi connectivity index (χ0n) is 26.3. The number of halogens is 2. The Labute approximate surface area is 282 Å². The first-order valence-corrected chi connectivity index (χ1v) is 15.1. The van der Waals surface area contributed by atoms with E-state index < -0.39 is 11.9 Å². The number of aromatic carboxylic acids is 1. The number of ether oxygens (including phenoxy) is 1. The first-order chi connectivity index (χ1) is 23.8. The van der Waals surface area contributed by atoms with E-state index >= 15 is 0 Å². The molecule has 0 saturated carbocycles. The summed E-state index contributed by atoms with van der Waals surface area (Å²) >= 11 is 0. The molecule has 0 aliphatic carbocycles. The molecule has 5 N–H and O–H groups in total. The van der Waals surface area contributed by atoms with E-state index in [-0.39, 0.29) is 17.2 Å². The van der Waals surface area contributed by atoms with E-state index in [2.05, 4.69) is 21.3 Å². The van der Waals surface area contributed by atoms with E-state index in [9.17, 15) is 23.5 Å². The van der Waals surface area contributed by atoms with Crippen molar-refractivity contribution in [2.75, 3.05) is 28.4 Å². The lowest BCUT2D eigenvalue weighted by Gasteiger charge is -2.14. The lowest BCUT2D eigenvalue weighted by molar-refractivity contribution is 0.0601. The molecule has 0 aliphatic rings. The number of hydrogen-bond acceptors (Lipinski definition) is 7. The predicted octanol–water partition coefficient (Wildman–Crippen LogP) is 10.1. The van der Waals surface area contributed by atoms with Gasteiger partial charge in [-0.25, -0.2) is 18.4 Å². The number of carbonyl (C=O) groups is 2. The van der Waals surface area contributed by atoms with Crippen LogP contribution in [0.15, 0.2) is 146 Å². The summed E-state index contributed by atoms with van der Waals surface area (Å²) in [5.74, 6) is -2.15. The van der Waals surface area contributed by atoms with Crippen LogP contribution >= 0.6 is 0 Å². The molecule has 6 rings (SSSR count). The van der Waals surface area contributed by atoms with E-state index in [1.807, 2.05) is 66.7 Å². The molecule has 0 amide bonds. The topological polar surface area (TPSA) is 112 Å². The first-order valence-electron chi connectivity index (χ1n) is 15.1. The Bertz CT molecular complexity index is 2010. The van der Waals surface area contributed by atoms with Gasteiger partial charge in [0.1, 0.15) is 11.6 Å². The molecule has 8 nitrogen and oxygen atoms in total. The monoisotopic (exact) mass is 658 g/mol. The lowest BCUT2D eigenvalue weighted by atomic mass is 10.1. The van der Waals surface area contributed by atoms with Gasteiger partial charge in [-0.3, -0.25) is 0 Å². The molecule has 6 aromatic rings. The van der Waals surface area contributed by atoms with Crippen LogP contribution in [0.4, 0.5) is 54.3 Å². The molecular weight excluding hydrogens is 626 g/mol. The maximum atomic E-state index is 13.1. The molecule has 10 heteroatoms. The van der Waals surface area contributed by atoms with Gasteiger partial charge in [-0.05, 0) is 109 Å². The third-order valence-electron chi connectivity index (χ3n) is 7.05. The fourth-order valence-electron chi connectivity index (χ4n) is 4.68. The minimum atomic E-state index is -1.04. The van der Waals surface area contributed by atoms with E-state index in [1.165, 1.54) is 37.4 Å². The molecule has 246 valence electrons. The lowest BCUT2D eigenvalue weighted by Crippen LogP contribution is -2.06. The van der Waals surface area contributed by atoms with Crippen molar-refractivity contribution in [3.8, 4) is 0 Å². The summed E-state index contributed by atoms with van der Waals surface area (Å²) in [4.78, 5) is 23.4. The average Bonchev–Trinajstić information content (AvgIpc) is 3.11. The molecule has 0 saturated heterocycles. The molecule has 0 unspecified atom stereocenters. The number of carboxylic acids is 1. The second kappa shape index (κ2) is 16.2. The van der Waals surface area contributed by atoms with Gasteiger partial charge in [-0.2, -0.15) is 0 Å². The summed E-state index contributed by atoms with van der Waals surface area (Å²) in [7, 11) is 1.33. The first kappa shape index (κ1) is 33.7. The van der Waals surface area contributed by atoms with E-state index in [1.54, 1.807) is 48.5 Å². The van der Waals surface area contributed by atoms with Crippen LogP contribution in [0.25, 0.3) is 0 Å². The van der Waals surface area contributed by atoms with Crippen LogP contribution in [-0.2, 0) is 4.74 Å². The Morgan fingerprint density at radius 2 is 0.857 bits per heavy atom. The minimum absolute atomic E-state index is 0.137. The minimum Gasteiger partial charge on any atom is -0.478 e. The number of esters is 1. The Morgan fingerprint density at radius 1 is 0.490 bits per heavy atom.